The van der Waals surface area contributed by atoms with Crippen LogP contribution >= 0.6 is 0 Å². The van der Waals surface area contributed by atoms with Gasteiger partial charge >= 0.3 is 0 Å². The molecule has 0 fully saturated rings. The molecule has 2 heterocycles. The van der Waals surface area contributed by atoms with Gasteiger partial charge in [0, 0.05) is 6.54 Å². The minimum atomic E-state index is 0.536. The molecule has 0 spiro atoms. The number of hydrogen-bond donors (Lipinski definition) is 1. The summed E-state index contributed by atoms with van der Waals surface area (Å²) >= 11 is 0. The average Bonchev–Trinajstić information content (AvgIpc) is 3.10. The third-order valence-electron chi connectivity index (χ3n) is 3.80. The van der Waals surface area contributed by atoms with Gasteiger partial charge in [0.15, 0.2) is 11.2 Å². The topological polar surface area (TPSA) is 77.8 Å². The molecule has 124 valence electrons. The zero-order valence-corrected chi connectivity index (χ0v) is 13.6. The molecule has 1 N–H and O–H groups in total. The van der Waals surface area contributed by atoms with E-state index in [-0.39, 0.29) is 0 Å². The maximum atomic E-state index is 5.19. The van der Waals surface area contributed by atoms with Gasteiger partial charge in [-0.05, 0) is 29.8 Å². The second-order valence-corrected chi connectivity index (χ2v) is 5.44. The van der Waals surface area contributed by atoms with Gasteiger partial charge < -0.3 is 10.1 Å². The monoisotopic (exact) mass is 332 g/mol. The van der Waals surface area contributed by atoms with E-state index in [9.17, 15) is 0 Å². The highest BCUT2D eigenvalue weighted by Gasteiger charge is 2.10. The zero-order valence-electron chi connectivity index (χ0n) is 13.6. The third kappa shape index (κ3) is 3.12. The predicted molar refractivity (Wildman–Crippen MR) is 94.8 cm³/mol. The van der Waals surface area contributed by atoms with Crippen molar-refractivity contribution in [1.82, 2.24) is 25.0 Å². The Kier molecular flexibility index (Phi) is 3.96. The highest BCUT2D eigenvalue weighted by atomic mass is 16.5. The van der Waals surface area contributed by atoms with Crippen molar-refractivity contribution in [2.75, 3.05) is 12.4 Å². The number of aromatic nitrogens is 5. The lowest BCUT2D eigenvalue weighted by Gasteiger charge is -2.06. The summed E-state index contributed by atoms with van der Waals surface area (Å²) in [6.07, 6.45) is 1.67. The molecule has 2 aromatic carbocycles. The second-order valence-electron chi connectivity index (χ2n) is 5.44. The average molecular weight is 332 g/mol. The van der Waals surface area contributed by atoms with Gasteiger partial charge in [-0.2, -0.15) is 9.67 Å². The number of rotatable bonds is 5. The summed E-state index contributed by atoms with van der Waals surface area (Å²) in [6, 6.07) is 17.7. The minimum absolute atomic E-state index is 0.536. The van der Waals surface area contributed by atoms with Gasteiger partial charge in [-0.25, -0.2) is 4.98 Å². The van der Waals surface area contributed by atoms with Crippen LogP contribution in [0.4, 0.5) is 5.95 Å². The van der Waals surface area contributed by atoms with Gasteiger partial charge in [0.05, 0.1) is 19.0 Å². The van der Waals surface area contributed by atoms with Crippen molar-refractivity contribution >= 4 is 17.1 Å². The van der Waals surface area contributed by atoms with E-state index in [1.165, 1.54) is 0 Å². The number of nitrogens with one attached hydrogen (secondary N) is 1. The van der Waals surface area contributed by atoms with Crippen LogP contribution in [0.3, 0.4) is 0 Å². The Morgan fingerprint density at radius 1 is 1.04 bits per heavy atom. The summed E-state index contributed by atoms with van der Waals surface area (Å²) in [5.74, 6) is 1.32. The quantitative estimate of drug-likeness (QED) is 0.605. The molecule has 0 unspecified atom stereocenters. The number of nitrogens with zero attached hydrogens (tertiary/aromatic N) is 5. The molecule has 0 aliphatic carbocycles. The van der Waals surface area contributed by atoms with Crippen LogP contribution in [0.1, 0.15) is 5.56 Å². The molecule has 4 rings (SSSR count). The zero-order chi connectivity index (χ0) is 17.1. The van der Waals surface area contributed by atoms with E-state index >= 15 is 0 Å². The van der Waals surface area contributed by atoms with Gasteiger partial charge in [-0.15, -0.1) is 5.10 Å². The molecule has 0 atom stereocenters. The summed E-state index contributed by atoms with van der Waals surface area (Å²) < 4.78 is 6.87. The van der Waals surface area contributed by atoms with Gasteiger partial charge in [-0.3, -0.25) is 0 Å². The first-order chi connectivity index (χ1) is 12.3. The fourth-order valence-electron chi connectivity index (χ4n) is 2.49. The fourth-order valence-corrected chi connectivity index (χ4v) is 2.49. The van der Waals surface area contributed by atoms with Gasteiger partial charge in [0.25, 0.3) is 0 Å². The highest BCUT2D eigenvalue weighted by Crippen LogP contribution is 2.18. The van der Waals surface area contributed by atoms with Crippen molar-refractivity contribution in [3.8, 4) is 11.4 Å². The Balaban J connectivity index is 1.62. The molecule has 0 saturated heterocycles. The summed E-state index contributed by atoms with van der Waals surface area (Å²) in [4.78, 5) is 8.85. The van der Waals surface area contributed by atoms with Crippen LogP contribution in [0.15, 0.2) is 60.8 Å². The van der Waals surface area contributed by atoms with Crippen LogP contribution in [-0.4, -0.2) is 32.1 Å². The maximum Gasteiger partial charge on any atom is 0.225 e. The number of fused-ring (bicyclic) bond motifs is 1. The van der Waals surface area contributed by atoms with Crippen LogP contribution in [0.5, 0.6) is 5.75 Å². The largest absolute Gasteiger partial charge is 0.497 e. The summed E-state index contributed by atoms with van der Waals surface area (Å²) in [6.45, 7) is 0.649. The number of ether oxygens (including phenoxy) is 1. The van der Waals surface area contributed by atoms with E-state index in [4.69, 9.17) is 4.74 Å². The Bertz CT molecular complexity index is 982. The second kappa shape index (κ2) is 6.56. The molecule has 2 aromatic heterocycles. The van der Waals surface area contributed by atoms with Crippen molar-refractivity contribution < 1.29 is 4.74 Å². The molecule has 7 heteroatoms. The molecule has 0 aliphatic heterocycles. The van der Waals surface area contributed by atoms with Crippen LogP contribution in [0, 0.1) is 0 Å². The smallest absolute Gasteiger partial charge is 0.225 e. The van der Waals surface area contributed by atoms with Crippen LogP contribution in [-0.2, 0) is 6.54 Å². The Morgan fingerprint density at radius 3 is 2.60 bits per heavy atom. The Morgan fingerprint density at radius 2 is 1.84 bits per heavy atom. The van der Waals surface area contributed by atoms with E-state index < -0.39 is 0 Å². The van der Waals surface area contributed by atoms with Crippen molar-refractivity contribution in [1.29, 1.82) is 0 Å². The first kappa shape index (κ1) is 15.1. The summed E-state index contributed by atoms with van der Waals surface area (Å²) in [5.41, 5.74) is 3.31. The van der Waals surface area contributed by atoms with E-state index in [0.717, 1.165) is 17.0 Å². The van der Waals surface area contributed by atoms with Gasteiger partial charge in [0.1, 0.15) is 5.75 Å². The fraction of sp³-hybridized carbons (Fsp3) is 0.111. The lowest BCUT2D eigenvalue weighted by atomic mass is 10.2. The lowest BCUT2D eigenvalue weighted by molar-refractivity contribution is 0.414. The standard InChI is InChI=1S/C18H16N6O/c1-25-15-9-7-14(8-10-15)24-17-16(22-23-24)12-20-18(21-17)19-11-13-5-3-2-4-6-13/h2-10,12H,11H2,1H3,(H,19,20,21). The number of hydrogen-bond acceptors (Lipinski definition) is 6. The summed E-state index contributed by atoms with van der Waals surface area (Å²) in [5, 5.41) is 11.5. The number of anilines is 1. The maximum absolute atomic E-state index is 5.19. The molecule has 25 heavy (non-hydrogen) atoms. The SMILES string of the molecule is COc1ccc(-n2nnc3cnc(NCc4ccccc4)nc32)cc1. The molecule has 0 bridgehead atoms. The van der Waals surface area contributed by atoms with E-state index in [1.54, 1.807) is 18.0 Å². The van der Waals surface area contributed by atoms with Crippen molar-refractivity contribution in [2.24, 2.45) is 0 Å². The molecular weight excluding hydrogens is 316 g/mol. The van der Waals surface area contributed by atoms with Gasteiger partial charge in [-0.1, -0.05) is 35.5 Å². The molecule has 0 aliphatic rings. The number of benzene rings is 2. The first-order valence-corrected chi connectivity index (χ1v) is 7.84. The summed E-state index contributed by atoms with van der Waals surface area (Å²) in [7, 11) is 1.64. The first-order valence-electron chi connectivity index (χ1n) is 7.84. The molecular formula is C18H16N6O. The van der Waals surface area contributed by atoms with E-state index in [1.807, 2.05) is 42.5 Å². The van der Waals surface area contributed by atoms with Crippen molar-refractivity contribution in [3.63, 3.8) is 0 Å². The molecule has 0 saturated carbocycles. The highest BCUT2D eigenvalue weighted by molar-refractivity contribution is 5.72. The van der Waals surface area contributed by atoms with Crippen LogP contribution < -0.4 is 10.1 Å². The van der Waals surface area contributed by atoms with Crippen LogP contribution in [0.2, 0.25) is 0 Å². The van der Waals surface area contributed by atoms with Crippen molar-refractivity contribution in [3.05, 3.63) is 66.4 Å². The predicted octanol–water partition coefficient (Wildman–Crippen LogP) is 2.83. The van der Waals surface area contributed by atoms with Crippen molar-refractivity contribution in [2.45, 2.75) is 6.54 Å². The van der Waals surface area contributed by atoms with E-state index in [0.29, 0.717) is 23.7 Å². The van der Waals surface area contributed by atoms with Gasteiger partial charge in [0.2, 0.25) is 5.95 Å². The third-order valence-corrected chi connectivity index (χ3v) is 3.80. The normalized spacial score (nSPS) is 10.8. The molecule has 4 aromatic rings. The molecule has 0 amide bonds. The lowest BCUT2D eigenvalue weighted by Crippen LogP contribution is -2.05. The van der Waals surface area contributed by atoms with E-state index in [2.05, 4.69) is 37.7 Å². The molecule has 7 nitrogen and oxygen atoms in total. The molecule has 0 radical (unpaired) electrons. The Labute approximate surface area is 144 Å². The number of methoxy groups -OCH3 is 1. The minimum Gasteiger partial charge on any atom is -0.497 e. The van der Waals surface area contributed by atoms with Crippen LogP contribution in [0.25, 0.3) is 16.9 Å². The Hall–Kier alpha value is -3.48.